The van der Waals surface area contributed by atoms with E-state index in [9.17, 15) is 9.59 Å². The molecule has 3 aromatic rings. The molecule has 1 atom stereocenters. The van der Waals surface area contributed by atoms with Crippen molar-refractivity contribution in [2.45, 2.75) is 33.3 Å². The summed E-state index contributed by atoms with van der Waals surface area (Å²) in [6.45, 7) is 6.72. The zero-order valence-electron chi connectivity index (χ0n) is 20.4. The first-order valence-electron chi connectivity index (χ1n) is 11.4. The van der Waals surface area contributed by atoms with Crippen LogP contribution in [0.25, 0.3) is 22.5 Å². The smallest absolute Gasteiger partial charge is 0.356 e. The number of ether oxygens (including phenoxy) is 1. The van der Waals surface area contributed by atoms with Gasteiger partial charge in [0.25, 0.3) is 5.91 Å². The minimum atomic E-state index is -0.722. The highest BCUT2D eigenvalue weighted by Crippen LogP contribution is 2.25. The Hall–Kier alpha value is -4.09. The van der Waals surface area contributed by atoms with E-state index in [1.165, 1.54) is 4.90 Å². The standard InChI is InChI=1S/C20H15N3O2.C5H9NO2.C2H6/c1-3-14-6-5-7-15(10-14)17-11-16(19-13-21-8-9-22-19)12-18(23-17)20(24)25-4-2;1-6-3-2-4(7)5(6)8;1-2/h1,5-13H,4H2,2H3;4,7H,2-3H2,1H3;1-2H3. The minimum Gasteiger partial charge on any atom is -0.461 e. The lowest BCUT2D eigenvalue weighted by molar-refractivity contribution is -0.133. The molecule has 1 fully saturated rings. The first-order valence-corrected chi connectivity index (χ1v) is 11.4. The van der Waals surface area contributed by atoms with Crippen LogP contribution in [-0.4, -0.2) is 63.1 Å². The van der Waals surface area contributed by atoms with Crippen LogP contribution in [0, 0.1) is 12.3 Å². The Morgan fingerprint density at radius 3 is 2.51 bits per heavy atom. The molecule has 1 unspecified atom stereocenters. The fourth-order valence-corrected chi connectivity index (χ4v) is 3.16. The summed E-state index contributed by atoms with van der Waals surface area (Å²) in [6, 6.07) is 10.9. The van der Waals surface area contributed by atoms with Gasteiger partial charge in [0.15, 0.2) is 0 Å². The topological polar surface area (TPSA) is 106 Å². The first-order chi connectivity index (χ1) is 16.9. The number of aliphatic hydroxyl groups is 1. The third-order valence-electron chi connectivity index (χ3n) is 4.89. The van der Waals surface area contributed by atoms with Crippen LogP contribution in [0.15, 0.2) is 55.0 Å². The number of esters is 1. The molecule has 1 aliphatic heterocycles. The maximum absolute atomic E-state index is 12.2. The number of hydrogen-bond acceptors (Lipinski definition) is 7. The molecule has 8 nitrogen and oxygen atoms in total. The number of amides is 1. The van der Waals surface area contributed by atoms with Crippen molar-refractivity contribution >= 4 is 11.9 Å². The Labute approximate surface area is 206 Å². The molecule has 0 bridgehead atoms. The maximum Gasteiger partial charge on any atom is 0.356 e. The Kier molecular flexibility index (Phi) is 10.5. The van der Waals surface area contributed by atoms with E-state index in [1.54, 1.807) is 38.6 Å². The van der Waals surface area contributed by atoms with Gasteiger partial charge in [-0.05, 0) is 37.6 Å². The summed E-state index contributed by atoms with van der Waals surface area (Å²) in [4.78, 5) is 37.1. The normalized spacial score (nSPS) is 14.1. The van der Waals surface area contributed by atoms with Crippen molar-refractivity contribution in [2.24, 2.45) is 0 Å². The SMILES string of the molecule is C#Cc1cccc(-c2cc(-c3cnccn3)cc(C(=O)OCC)n2)c1.CC.CN1CCC(O)C1=O. The number of likely N-dealkylation sites (tertiary alicyclic amines) is 1. The van der Waals surface area contributed by atoms with Crippen molar-refractivity contribution in [3.8, 4) is 34.9 Å². The van der Waals surface area contributed by atoms with Gasteiger partial charge in [0.05, 0.1) is 24.2 Å². The number of rotatable bonds is 4. The summed E-state index contributed by atoms with van der Waals surface area (Å²) >= 11 is 0. The van der Waals surface area contributed by atoms with Crippen LogP contribution in [-0.2, 0) is 9.53 Å². The van der Waals surface area contributed by atoms with Gasteiger partial charge in [-0.25, -0.2) is 9.78 Å². The number of terminal acetylenes is 1. The number of hydrogen-bond donors (Lipinski definition) is 1. The molecule has 8 heteroatoms. The number of aromatic nitrogens is 3. The molecule has 0 radical (unpaired) electrons. The van der Waals surface area contributed by atoms with Crippen molar-refractivity contribution in [3.05, 3.63) is 66.2 Å². The predicted molar refractivity (Wildman–Crippen MR) is 134 cm³/mol. The molecule has 182 valence electrons. The molecular weight excluding hydrogens is 444 g/mol. The predicted octanol–water partition coefficient (Wildman–Crippen LogP) is 3.60. The molecule has 0 spiro atoms. The minimum absolute atomic E-state index is 0.148. The molecule has 2 aromatic heterocycles. The van der Waals surface area contributed by atoms with Crippen LogP contribution in [0.5, 0.6) is 0 Å². The van der Waals surface area contributed by atoms with Gasteiger partial charge in [-0.1, -0.05) is 31.9 Å². The average molecular weight is 475 g/mol. The lowest BCUT2D eigenvalue weighted by atomic mass is 10.0. The summed E-state index contributed by atoms with van der Waals surface area (Å²) in [5, 5.41) is 8.78. The second-order valence-corrected chi connectivity index (χ2v) is 7.23. The van der Waals surface area contributed by atoms with Crippen LogP contribution < -0.4 is 0 Å². The molecule has 1 N–H and O–H groups in total. The number of likely N-dealkylation sites (N-methyl/N-ethyl adjacent to an activating group) is 1. The second-order valence-electron chi connectivity index (χ2n) is 7.23. The molecule has 3 heterocycles. The first kappa shape index (κ1) is 27.2. The Morgan fingerprint density at radius 1 is 1.20 bits per heavy atom. The summed E-state index contributed by atoms with van der Waals surface area (Å²) in [5.74, 6) is 1.97. The van der Waals surface area contributed by atoms with E-state index < -0.39 is 12.1 Å². The van der Waals surface area contributed by atoms with Gasteiger partial charge in [-0.3, -0.25) is 14.8 Å². The molecule has 0 saturated carbocycles. The molecule has 1 saturated heterocycles. The molecular formula is C27H30N4O4. The van der Waals surface area contributed by atoms with Gasteiger partial charge >= 0.3 is 5.97 Å². The van der Waals surface area contributed by atoms with Crippen LogP contribution in [0.3, 0.4) is 0 Å². The van der Waals surface area contributed by atoms with E-state index in [-0.39, 0.29) is 18.2 Å². The number of carbonyl (C=O) groups excluding carboxylic acids is 2. The Balaban J connectivity index is 0.000000363. The van der Waals surface area contributed by atoms with E-state index in [4.69, 9.17) is 16.3 Å². The maximum atomic E-state index is 12.2. The molecule has 1 amide bonds. The van der Waals surface area contributed by atoms with E-state index in [0.717, 1.165) is 16.7 Å². The third kappa shape index (κ3) is 7.45. The van der Waals surface area contributed by atoms with Gasteiger partial charge in [-0.15, -0.1) is 6.42 Å². The summed E-state index contributed by atoms with van der Waals surface area (Å²) in [6.07, 6.45) is 10.2. The van der Waals surface area contributed by atoms with E-state index in [1.807, 2.05) is 44.2 Å². The highest BCUT2D eigenvalue weighted by molar-refractivity contribution is 5.90. The van der Waals surface area contributed by atoms with Crippen LogP contribution in [0.4, 0.5) is 0 Å². The van der Waals surface area contributed by atoms with Crippen molar-refractivity contribution in [1.82, 2.24) is 19.9 Å². The van der Waals surface area contributed by atoms with E-state index >= 15 is 0 Å². The van der Waals surface area contributed by atoms with Gasteiger partial charge in [0.2, 0.25) is 0 Å². The fourth-order valence-electron chi connectivity index (χ4n) is 3.16. The third-order valence-corrected chi connectivity index (χ3v) is 4.89. The van der Waals surface area contributed by atoms with E-state index in [2.05, 4.69) is 20.9 Å². The lowest BCUT2D eigenvalue weighted by Gasteiger charge is -2.09. The Morgan fingerprint density at radius 2 is 1.97 bits per heavy atom. The molecule has 0 aliphatic carbocycles. The zero-order chi connectivity index (χ0) is 25.8. The zero-order valence-corrected chi connectivity index (χ0v) is 20.4. The Bertz CT molecular complexity index is 1160. The second kappa shape index (κ2) is 13.6. The molecule has 4 rings (SSSR count). The number of aliphatic hydroxyl groups excluding tert-OH is 1. The van der Waals surface area contributed by atoms with Crippen LogP contribution in [0.2, 0.25) is 0 Å². The quantitative estimate of drug-likeness (QED) is 0.455. The average Bonchev–Trinajstić information content (AvgIpc) is 3.21. The highest BCUT2D eigenvalue weighted by Gasteiger charge is 2.26. The number of nitrogens with zero attached hydrogens (tertiary/aromatic N) is 4. The monoisotopic (exact) mass is 474 g/mol. The largest absolute Gasteiger partial charge is 0.461 e. The number of benzene rings is 1. The molecule has 35 heavy (non-hydrogen) atoms. The van der Waals surface area contributed by atoms with Crippen molar-refractivity contribution in [2.75, 3.05) is 20.2 Å². The van der Waals surface area contributed by atoms with Gasteiger partial charge in [-0.2, -0.15) is 0 Å². The van der Waals surface area contributed by atoms with E-state index in [0.29, 0.717) is 24.4 Å². The fraction of sp³-hybridized carbons (Fsp3) is 0.296. The van der Waals surface area contributed by atoms with Crippen molar-refractivity contribution in [3.63, 3.8) is 0 Å². The molecule has 1 aliphatic rings. The van der Waals surface area contributed by atoms with Crippen LogP contribution >= 0.6 is 0 Å². The van der Waals surface area contributed by atoms with Crippen molar-refractivity contribution < 1.29 is 19.4 Å². The summed E-state index contributed by atoms with van der Waals surface area (Å²) in [5.41, 5.74) is 3.75. The number of pyridine rings is 1. The highest BCUT2D eigenvalue weighted by atomic mass is 16.5. The summed E-state index contributed by atoms with van der Waals surface area (Å²) < 4.78 is 5.08. The number of carbonyl (C=O) groups is 2. The summed E-state index contributed by atoms with van der Waals surface area (Å²) in [7, 11) is 1.69. The van der Waals surface area contributed by atoms with Crippen molar-refractivity contribution in [1.29, 1.82) is 0 Å². The van der Waals surface area contributed by atoms with Gasteiger partial charge in [0, 0.05) is 42.7 Å². The van der Waals surface area contributed by atoms with Gasteiger partial charge in [0.1, 0.15) is 11.8 Å². The van der Waals surface area contributed by atoms with Crippen LogP contribution in [0.1, 0.15) is 43.2 Å². The lowest BCUT2D eigenvalue weighted by Crippen LogP contribution is -2.24. The van der Waals surface area contributed by atoms with Gasteiger partial charge < -0.3 is 14.7 Å². The molecule has 1 aromatic carbocycles.